The predicted octanol–water partition coefficient (Wildman–Crippen LogP) is 5.20. The number of fused-ring (bicyclic) bond motifs is 1. The third kappa shape index (κ3) is 5.91. The van der Waals surface area contributed by atoms with Crippen molar-refractivity contribution in [1.29, 1.82) is 0 Å². The van der Waals surface area contributed by atoms with Crippen molar-refractivity contribution in [2.75, 3.05) is 6.54 Å². The molecule has 1 atom stereocenters. The average molecular weight is 617 g/mol. The Bertz CT molecular complexity index is 1230. The molecule has 2 heterocycles. The summed E-state index contributed by atoms with van der Waals surface area (Å²) in [5.74, 6) is -0.720. The summed E-state index contributed by atoms with van der Waals surface area (Å²) in [5, 5.41) is 13.7. The minimum Gasteiger partial charge on any atom is -0.480 e. The maximum atomic E-state index is 10.1. The van der Waals surface area contributed by atoms with Gasteiger partial charge < -0.3 is 15.4 Å². The Morgan fingerprint density at radius 2 is 1.88 bits per heavy atom. The molecule has 0 bridgehead atoms. The number of hydrogen-bond acceptors (Lipinski definition) is 4. The molecule has 1 aromatic heterocycles. The first kappa shape index (κ1) is 24.7. The van der Waals surface area contributed by atoms with Gasteiger partial charge in [0, 0.05) is 37.7 Å². The molecule has 0 aliphatic carbocycles. The Morgan fingerprint density at radius 1 is 1.09 bits per heavy atom. The Kier molecular flexibility index (Phi) is 8.45. The number of rotatable bonds is 3. The summed E-state index contributed by atoms with van der Waals surface area (Å²) in [6.07, 6.45) is 3.58. The van der Waals surface area contributed by atoms with Crippen molar-refractivity contribution in [2.45, 2.75) is 32.7 Å². The summed E-state index contributed by atoms with van der Waals surface area (Å²) < 4.78 is 0. The molecule has 1 saturated heterocycles. The standard InChI is InChI=1S/C22H17N2.C5H9NO2.Ir/c1-15-14-23-22(16(2)24-15)19-12-10-18(11-13-19)21-9-5-7-17-6-3-4-8-20(17)21;7-5(8)4-2-1-3-6-4;/h3-12,14H,1-2H3;4,6H,1-3H2,(H,7,8);/q-1;;. The van der Waals surface area contributed by atoms with E-state index in [1.807, 2.05) is 19.9 Å². The summed E-state index contributed by atoms with van der Waals surface area (Å²) in [5.41, 5.74) is 6.12. The van der Waals surface area contributed by atoms with Crippen LogP contribution in [0.3, 0.4) is 0 Å². The number of carboxylic acid groups (broad SMARTS) is 1. The molecule has 6 heteroatoms. The zero-order chi connectivity index (χ0) is 22.5. The average Bonchev–Trinajstić information content (AvgIpc) is 3.35. The fourth-order valence-corrected chi connectivity index (χ4v) is 3.97. The number of aromatic nitrogens is 2. The molecule has 0 amide bonds. The van der Waals surface area contributed by atoms with Crippen LogP contribution in [0.25, 0.3) is 33.2 Å². The SMILES string of the molecule is Cc1cnc(-c2[c-]cc(-c3cccc4ccccc34)cc2)c(C)n1.O=C(O)C1CCCN1.[Ir]. The molecule has 5 nitrogen and oxygen atoms in total. The second kappa shape index (κ2) is 11.3. The smallest absolute Gasteiger partial charge is 0.320 e. The zero-order valence-electron chi connectivity index (χ0n) is 18.6. The van der Waals surface area contributed by atoms with Crippen molar-refractivity contribution in [3.8, 4) is 22.4 Å². The topological polar surface area (TPSA) is 75.1 Å². The summed E-state index contributed by atoms with van der Waals surface area (Å²) in [4.78, 5) is 19.1. The second-order valence-electron chi connectivity index (χ2n) is 7.95. The molecule has 1 unspecified atom stereocenters. The fourth-order valence-electron chi connectivity index (χ4n) is 3.97. The van der Waals surface area contributed by atoms with Gasteiger partial charge in [0.1, 0.15) is 6.04 Å². The Hall–Kier alpha value is -2.92. The number of hydrogen-bond donors (Lipinski definition) is 2. The van der Waals surface area contributed by atoms with Gasteiger partial charge in [0.2, 0.25) is 0 Å². The van der Waals surface area contributed by atoms with Crippen LogP contribution in [0, 0.1) is 19.9 Å². The minimum atomic E-state index is -0.720. The molecular formula is C27H26IrN3O2-. The Balaban J connectivity index is 0.000000290. The molecular weight excluding hydrogens is 591 g/mol. The number of carbonyl (C=O) groups is 1. The Morgan fingerprint density at radius 3 is 2.52 bits per heavy atom. The molecule has 0 spiro atoms. The van der Waals surface area contributed by atoms with Crippen molar-refractivity contribution in [3.05, 3.63) is 84.3 Å². The molecule has 2 N–H and O–H groups in total. The summed E-state index contributed by atoms with van der Waals surface area (Å²) in [7, 11) is 0. The van der Waals surface area contributed by atoms with Crippen LogP contribution < -0.4 is 5.32 Å². The maximum absolute atomic E-state index is 10.1. The number of aliphatic carboxylic acids is 1. The molecule has 5 rings (SSSR count). The van der Waals surface area contributed by atoms with Gasteiger partial charge in [-0.1, -0.05) is 53.6 Å². The van der Waals surface area contributed by atoms with E-state index >= 15 is 0 Å². The van der Waals surface area contributed by atoms with E-state index in [0.29, 0.717) is 0 Å². The van der Waals surface area contributed by atoms with Gasteiger partial charge in [-0.25, -0.2) is 0 Å². The van der Waals surface area contributed by atoms with Gasteiger partial charge in [0.15, 0.2) is 0 Å². The van der Waals surface area contributed by atoms with Gasteiger partial charge in [0.05, 0.1) is 5.69 Å². The normalized spacial score (nSPS) is 14.8. The number of nitrogens with zero attached hydrogens (tertiary/aromatic N) is 2. The van der Waals surface area contributed by atoms with Crippen LogP contribution in [0.5, 0.6) is 0 Å². The van der Waals surface area contributed by atoms with E-state index in [4.69, 9.17) is 5.11 Å². The van der Waals surface area contributed by atoms with Crippen molar-refractivity contribution in [1.82, 2.24) is 15.3 Å². The van der Waals surface area contributed by atoms with E-state index in [0.717, 1.165) is 47.6 Å². The largest absolute Gasteiger partial charge is 0.480 e. The van der Waals surface area contributed by atoms with Crippen LogP contribution in [0.2, 0.25) is 0 Å². The molecule has 171 valence electrons. The molecule has 1 aliphatic heterocycles. The maximum Gasteiger partial charge on any atom is 0.320 e. The van der Waals surface area contributed by atoms with Crippen LogP contribution in [0.4, 0.5) is 0 Å². The van der Waals surface area contributed by atoms with Gasteiger partial charge in [-0.3, -0.25) is 9.78 Å². The van der Waals surface area contributed by atoms with E-state index < -0.39 is 5.97 Å². The van der Waals surface area contributed by atoms with Crippen molar-refractivity contribution >= 4 is 16.7 Å². The predicted molar refractivity (Wildman–Crippen MR) is 127 cm³/mol. The molecule has 0 saturated carbocycles. The van der Waals surface area contributed by atoms with Gasteiger partial charge in [0.25, 0.3) is 0 Å². The second-order valence-corrected chi connectivity index (χ2v) is 7.95. The summed E-state index contributed by atoms with van der Waals surface area (Å²) >= 11 is 0. The van der Waals surface area contributed by atoms with Gasteiger partial charge in [-0.15, -0.1) is 29.8 Å². The molecule has 4 aromatic rings. The quantitative estimate of drug-likeness (QED) is 0.310. The number of carboxylic acids is 1. The zero-order valence-corrected chi connectivity index (χ0v) is 21.0. The third-order valence-corrected chi connectivity index (χ3v) is 5.59. The van der Waals surface area contributed by atoms with Crippen LogP contribution in [0.15, 0.2) is 66.9 Å². The van der Waals surface area contributed by atoms with Crippen molar-refractivity contribution < 1.29 is 30.0 Å². The molecule has 33 heavy (non-hydrogen) atoms. The van der Waals surface area contributed by atoms with Gasteiger partial charge in [-0.2, -0.15) is 0 Å². The number of aryl methyl sites for hydroxylation is 2. The van der Waals surface area contributed by atoms with Crippen LogP contribution in [-0.2, 0) is 24.9 Å². The summed E-state index contributed by atoms with van der Waals surface area (Å²) in [6.45, 7) is 4.80. The van der Waals surface area contributed by atoms with E-state index in [1.165, 1.54) is 16.3 Å². The first-order chi connectivity index (χ1) is 15.5. The molecule has 1 aliphatic rings. The van der Waals surface area contributed by atoms with Gasteiger partial charge in [-0.05, 0) is 44.0 Å². The number of benzene rings is 3. The van der Waals surface area contributed by atoms with E-state index in [9.17, 15) is 4.79 Å². The first-order valence-corrected chi connectivity index (χ1v) is 10.8. The first-order valence-electron chi connectivity index (χ1n) is 10.8. The molecule has 1 fully saturated rings. The van der Waals surface area contributed by atoms with Gasteiger partial charge >= 0.3 is 5.97 Å². The third-order valence-electron chi connectivity index (χ3n) is 5.59. The van der Waals surface area contributed by atoms with E-state index in [1.54, 1.807) is 6.20 Å². The summed E-state index contributed by atoms with van der Waals surface area (Å²) in [6, 6.07) is 24.2. The Labute approximate surface area is 207 Å². The minimum absolute atomic E-state index is 0. The van der Waals surface area contributed by atoms with Crippen molar-refractivity contribution in [2.24, 2.45) is 0 Å². The number of nitrogens with one attached hydrogen (secondary N) is 1. The van der Waals surface area contributed by atoms with Crippen LogP contribution in [0.1, 0.15) is 24.2 Å². The van der Waals surface area contributed by atoms with E-state index in [-0.39, 0.29) is 26.1 Å². The van der Waals surface area contributed by atoms with E-state index in [2.05, 4.69) is 75.9 Å². The van der Waals surface area contributed by atoms with Crippen LogP contribution >= 0.6 is 0 Å². The fraction of sp³-hybridized carbons (Fsp3) is 0.222. The van der Waals surface area contributed by atoms with Crippen LogP contribution in [-0.4, -0.2) is 33.6 Å². The molecule has 1 radical (unpaired) electrons. The van der Waals surface area contributed by atoms with Crippen molar-refractivity contribution in [3.63, 3.8) is 0 Å². The monoisotopic (exact) mass is 617 g/mol. The molecule has 3 aromatic carbocycles.